The van der Waals surface area contributed by atoms with Gasteiger partial charge in [-0.1, -0.05) is 15.9 Å². The van der Waals surface area contributed by atoms with Crippen LogP contribution in [0.25, 0.3) is 0 Å². The first-order chi connectivity index (χ1) is 8.04. The van der Waals surface area contributed by atoms with E-state index in [2.05, 4.69) is 31.0 Å². The van der Waals surface area contributed by atoms with Crippen molar-refractivity contribution in [3.63, 3.8) is 0 Å². The van der Waals surface area contributed by atoms with Crippen molar-refractivity contribution < 1.29 is 14.3 Å². The van der Waals surface area contributed by atoms with E-state index in [4.69, 9.17) is 0 Å². The van der Waals surface area contributed by atoms with Crippen molar-refractivity contribution in [3.05, 3.63) is 29.6 Å². The second kappa shape index (κ2) is 6.34. The van der Waals surface area contributed by atoms with Crippen LogP contribution < -0.4 is 5.32 Å². The van der Waals surface area contributed by atoms with Gasteiger partial charge < -0.3 is 10.1 Å². The number of aryl methyl sites for hydroxylation is 1. The molecule has 1 N–H and O–H groups in total. The summed E-state index contributed by atoms with van der Waals surface area (Å²) in [6.45, 7) is 2.02. The fourth-order valence-corrected chi connectivity index (χ4v) is 1.52. The summed E-state index contributed by atoms with van der Waals surface area (Å²) in [6, 6.07) is 1.73. The quantitative estimate of drug-likeness (QED) is 0.667. The van der Waals surface area contributed by atoms with Crippen LogP contribution in [0.3, 0.4) is 0 Å². The number of nitrogens with one attached hydrogen (secondary N) is 1. The number of halogens is 1. The molecule has 1 unspecified atom stereocenters. The van der Waals surface area contributed by atoms with Gasteiger partial charge in [-0.3, -0.25) is 14.6 Å². The molecule has 5 nitrogen and oxygen atoms in total. The van der Waals surface area contributed by atoms with Crippen LogP contribution in [0, 0.1) is 6.92 Å². The Morgan fingerprint density at radius 3 is 2.82 bits per heavy atom. The zero-order valence-corrected chi connectivity index (χ0v) is 11.2. The average Bonchev–Trinajstić information content (AvgIpc) is 2.34. The van der Waals surface area contributed by atoms with Crippen LogP contribution in [-0.4, -0.2) is 35.3 Å². The lowest BCUT2D eigenvalue weighted by atomic mass is 10.2. The summed E-state index contributed by atoms with van der Waals surface area (Å²) < 4.78 is 4.52. The summed E-state index contributed by atoms with van der Waals surface area (Å²) in [6.07, 6.45) is 3.14. The summed E-state index contributed by atoms with van der Waals surface area (Å²) in [5.41, 5.74) is 1.37. The molecule has 1 amide bonds. The predicted molar refractivity (Wildman–Crippen MR) is 66.0 cm³/mol. The zero-order chi connectivity index (χ0) is 12.8. The van der Waals surface area contributed by atoms with Gasteiger partial charge in [-0.15, -0.1) is 0 Å². The smallest absolute Gasteiger partial charge is 0.321 e. The van der Waals surface area contributed by atoms with Gasteiger partial charge in [-0.05, 0) is 18.6 Å². The third-order valence-electron chi connectivity index (χ3n) is 2.04. The number of amides is 1. The van der Waals surface area contributed by atoms with Gasteiger partial charge >= 0.3 is 5.97 Å². The minimum absolute atomic E-state index is 0.166. The topological polar surface area (TPSA) is 68.3 Å². The van der Waals surface area contributed by atoms with Crippen molar-refractivity contribution >= 4 is 27.8 Å². The Labute approximate surface area is 108 Å². The van der Waals surface area contributed by atoms with Crippen LogP contribution in [0.4, 0.5) is 0 Å². The third-order valence-corrected chi connectivity index (χ3v) is 2.73. The molecule has 0 aliphatic rings. The number of aromatic nitrogens is 1. The van der Waals surface area contributed by atoms with Crippen LogP contribution in [0.5, 0.6) is 0 Å². The molecule has 92 valence electrons. The number of nitrogens with zero attached hydrogens (tertiary/aromatic N) is 1. The summed E-state index contributed by atoms with van der Waals surface area (Å²) in [4.78, 5) is 26.1. The van der Waals surface area contributed by atoms with Gasteiger partial charge in [0.25, 0.3) is 5.91 Å². The van der Waals surface area contributed by atoms with E-state index >= 15 is 0 Å². The number of ether oxygens (including phenoxy) is 1. The first-order valence-electron chi connectivity index (χ1n) is 4.96. The molecule has 17 heavy (non-hydrogen) atoms. The highest BCUT2D eigenvalue weighted by Gasteiger charge is 2.16. The molecular weight excluding hydrogens is 288 g/mol. The maximum absolute atomic E-state index is 11.7. The third kappa shape index (κ3) is 4.14. The SMILES string of the molecule is COC(=O)C(Br)CNC(=O)c1cncc(C)c1. The molecule has 6 heteroatoms. The maximum atomic E-state index is 11.7. The van der Waals surface area contributed by atoms with Crippen molar-refractivity contribution in [1.29, 1.82) is 0 Å². The Morgan fingerprint density at radius 1 is 1.53 bits per heavy atom. The van der Waals surface area contributed by atoms with Crippen molar-refractivity contribution in [2.24, 2.45) is 0 Å². The molecule has 0 saturated carbocycles. The van der Waals surface area contributed by atoms with Gasteiger partial charge in [-0.2, -0.15) is 0 Å². The van der Waals surface area contributed by atoms with Gasteiger partial charge in [0, 0.05) is 18.9 Å². The fourth-order valence-electron chi connectivity index (χ4n) is 1.17. The van der Waals surface area contributed by atoms with E-state index in [1.165, 1.54) is 13.3 Å². The lowest BCUT2D eigenvalue weighted by Gasteiger charge is -2.09. The lowest BCUT2D eigenvalue weighted by molar-refractivity contribution is -0.139. The molecule has 0 radical (unpaired) electrons. The number of alkyl halides is 1. The summed E-state index contributed by atoms with van der Waals surface area (Å²) in [5.74, 6) is -0.692. The van der Waals surface area contributed by atoms with E-state index in [0.717, 1.165) is 5.56 Å². The Morgan fingerprint density at radius 2 is 2.24 bits per heavy atom. The maximum Gasteiger partial charge on any atom is 0.321 e. The fraction of sp³-hybridized carbons (Fsp3) is 0.364. The van der Waals surface area contributed by atoms with E-state index in [1.54, 1.807) is 12.3 Å². The predicted octanol–water partition coefficient (Wildman–Crippen LogP) is 1.06. The first-order valence-corrected chi connectivity index (χ1v) is 5.88. The molecular formula is C11H13BrN2O3. The highest BCUT2D eigenvalue weighted by atomic mass is 79.9. The highest BCUT2D eigenvalue weighted by molar-refractivity contribution is 9.10. The van der Waals surface area contributed by atoms with E-state index in [0.29, 0.717) is 5.56 Å². The Kier molecular flexibility index (Phi) is 5.09. The van der Waals surface area contributed by atoms with E-state index < -0.39 is 10.8 Å². The number of carbonyl (C=O) groups is 2. The van der Waals surface area contributed by atoms with E-state index in [1.807, 2.05) is 6.92 Å². The molecule has 1 aromatic rings. The second-order valence-corrected chi connectivity index (χ2v) is 4.56. The van der Waals surface area contributed by atoms with Crippen LogP contribution >= 0.6 is 15.9 Å². The monoisotopic (exact) mass is 300 g/mol. The minimum atomic E-state index is -0.547. The number of esters is 1. The van der Waals surface area contributed by atoms with Gasteiger partial charge in [0.05, 0.1) is 12.7 Å². The molecule has 0 bridgehead atoms. The number of hydrogen-bond acceptors (Lipinski definition) is 4. The number of carbonyl (C=O) groups excluding carboxylic acids is 2. The average molecular weight is 301 g/mol. The Balaban J connectivity index is 2.53. The summed E-state index contributed by atoms with van der Waals surface area (Å²) >= 11 is 3.11. The molecule has 1 heterocycles. The number of methoxy groups -OCH3 is 1. The number of pyridine rings is 1. The molecule has 0 aliphatic carbocycles. The van der Waals surface area contributed by atoms with Crippen LogP contribution in [0.2, 0.25) is 0 Å². The molecule has 0 fully saturated rings. The van der Waals surface area contributed by atoms with Crippen LogP contribution in [0.15, 0.2) is 18.5 Å². The minimum Gasteiger partial charge on any atom is -0.468 e. The Bertz CT molecular complexity index is 423. The van der Waals surface area contributed by atoms with Crippen LogP contribution in [-0.2, 0) is 9.53 Å². The summed E-state index contributed by atoms with van der Waals surface area (Å²) in [7, 11) is 1.29. The molecule has 1 rings (SSSR count). The van der Waals surface area contributed by atoms with Crippen molar-refractivity contribution in [1.82, 2.24) is 10.3 Å². The number of rotatable bonds is 4. The lowest BCUT2D eigenvalue weighted by Crippen LogP contribution is -2.34. The zero-order valence-electron chi connectivity index (χ0n) is 9.57. The standard InChI is InChI=1S/C11H13BrN2O3/c1-7-3-8(5-13-4-7)10(15)14-6-9(12)11(16)17-2/h3-5,9H,6H2,1-2H3,(H,14,15). The van der Waals surface area contributed by atoms with Gasteiger partial charge in [0.15, 0.2) is 0 Å². The largest absolute Gasteiger partial charge is 0.468 e. The molecule has 0 aliphatic heterocycles. The summed E-state index contributed by atoms with van der Waals surface area (Å²) in [5, 5.41) is 2.61. The highest BCUT2D eigenvalue weighted by Crippen LogP contribution is 2.03. The van der Waals surface area contributed by atoms with E-state index in [-0.39, 0.29) is 12.5 Å². The Hall–Kier alpha value is -1.43. The van der Waals surface area contributed by atoms with Gasteiger partial charge in [0.2, 0.25) is 0 Å². The number of hydrogen-bond donors (Lipinski definition) is 1. The van der Waals surface area contributed by atoms with Crippen molar-refractivity contribution in [3.8, 4) is 0 Å². The van der Waals surface area contributed by atoms with Crippen LogP contribution in [0.1, 0.15) is 15.9 Å². The molecule has 0 spiro atoms. The molecule has 0 saturated heterocycles. The van der Waals surface area contributed by atoms with E-state index in [9.17, 15) is 9.59 Å². The molecule has 1 aromatic heterocycles. The van der Waals surface area contributed by atoms with Gasteiger partial charge in [0.1, 0.15) is 4.83 Å². The molecule has 0 aromatic carbocycles. The second-order valence-electron chi connectivity index (χ2n) is 3.45. The van der Waals surface area contributed by atoms with Crippen molar-refractivity contribution in [2.45, 2.75) is 11.8 Å². The molecule has 1 atom stereocenters. The van der Waals surface area contributed by atoms with Gasteiger partial charge in [-0.25, -0.2) is 0 Å². The van der Waals surface area contributed by atoms with Crippen molar-refractivity contribution in [2.75, 3.05) is 13.7 Å². The normalized spacial score (nSPS) is 11.7. The first kappa shape index (κ1) is 13.6.